The molecule has 4 heteroatoms. The van der Waals surface area contributed by atoms with Crippen LogP contribution in [0.25, 0.3) is 0 Å². The van der Waals surface area contributed by atoms with E-state index in [2.05, 4.69) is 31.1 Å². The van der Waals surface area contributed by atoms with Crippen molar-refractivity contribution < 1.29 is 0 Å². The lowest BCUT2D eigenvalue weighted by Gasteiger charge is -2.16. The number of anilines is 1. The number of hydrogen-bond acceptors (Lipinski definition) is 3. The van der Waals surface area contributed by atoms with Gasteiger partial charge < -0.3 is 9.88 Å². The van der Waals surface area contributed by atoms with Crippen LogP contribution in [0.5, 0.6) is 0 Å². The molecule has 1 unspecified atom stereocenters. The Morgan fingerprint density at radius 3 is 2.69 bits per heavy atom. The van der Waals surface area contributed by atoms with Crippen LogP contribution < -0.4 is 10.9 Å². The second-order valence-corrected chi connectivity index (χ2v) is 4.54. The van der Waals surface area contributed by atoms with Crippen molar-refractivity contribution in [3.8, 4) is 0 Å². The third-order valence-corrected chi connectivity index (χ3v) is 2.46. The summed E-state index contributed by atoms with van der Waals surface area (Å²) in [6.45, 7) is 9.03. The van der Waals surface area contributed by atoms with Gasteiger partial charge in [-0.2, -0.15) is 0 Å². The topological polar surface area (TPSA) is 46.9 Å². The van der Waals surface area contributed by atoms with Crippen molar-refractivity contribution in [2.24, 2.45) is 5.92 Å². The molecule has 16 heavy (non-hydrogen) atoms. The molecule has 1 aromatic heterocycles. The van der Waals surface area contributed by atoms with Crippen LogP contribution in [0.1, 0.15) is 34.1 Å². The predicted molar refractivity (Wildman–Crippen MR) is 66.7 cm³/mol. The van der Waals surface area contributed by atoms with E-state index in [-0.39, 0.29) is 11.6 Å². The molecule has 1 atom stereocenters. The second kappa shape index (κ2) is 5.68. The number of nitrogens with zero attached hydrogens (tertiary/aromatic N) is 2. The van der Waals surface area contributed by atoms with E-state index in [9.17, 15) is 4.79 Å². The van der Waals surface area contributed by atoms with E-state index in [1.165, 1.54) is 0 Å². The standard InChI is InChI=1S/C12H21N3O/c1-5-15-7-6-13-11(12(15)16)14-10(4)8-9(2)3/h6-7,9-10H,5,8H2,1-4H3,(H,13,14). The van der Waals surface area contributed by atoms with E-state index < -0.39 is 0 Å². The minimum Gasteiger partial charge on any atom is -0.363 e. The second-order valence-electron chi connectivity index (χ2n) is 4.54. The van der Waals surface area contributed by atoms with Crippen molar-refractivity contribution in [2.45, 2.75) is 46.7 Å². The maximum Gasteiger partial charge on any atom is 0.293 e. The molecule has 90 valence electrons. The van der Waals surface area contributed by atoms with E-state index in [4.69, 9.17) is 0 Å². The highest BCUT2D eigenvalue weighted by molar-refractivity contribution is 5.31. The molecule has 0 aliphatic carbocycles. The van der Waals surface area contributed by atoms with Crippen LogP contribution in [-0.4, -0.2) is 15.6 Å². The van der Waals surface area contributed by atoms with Crippen LogP contribution in [0, 0.1) is 5.92 Å². The van der Waals surface area contributed by atoms with E-state index in [1.54, 1.807) is 17.0 Å². The molecule has 0 spiro atoms. The van der Waals surface area contributed by atoms with Crippen LogP contribution in [0.4, 0.5) is 5.82 Å². The van der Waals surface area contributed by atoms with Gasteiger partial charge in [-0.15, -0.1) is 0 Å². The lowest BCUT2D eigenvalue weighted by atomic mass is 10.1. The Kier molecular flexibility index (Phi) is 4.52. The number of aryl methyl sites for hydroxylation is 1. The summed E-state index contributed by atoms with van der Waals surface area (Å²) in [4.78, 5) is 15.9. The Morgan fingerprint density at radius 2 is 2.12 bits per heavy atom. The fourth-order valence-corrected chi connectivity index (χ4v) is 1.79. The van der Waals surface area contributed by atoms with Gasteiger partial charge in [-0.25, -0.2) is 4.98 Å². The molecule has 0 saturated heterocycles. The zero-order chi connectivity index (χ0) is 12.1. The molecule has 0 aliphatic rings. The molecule has 0 aliphatic heterocycles. The summed E-state index contributed by atoms with van der Waals surface area (Å²) < 4.78 is 1.65. The van der Waals surface area contributed by atoms with Gasteiger partial charge >= 0.3 is 0 Å². The summed E-state index contributed by atoms with van der Waals surface area (Å²) >= 11 is 0. The van der Waals surface area contributed by atoms with Crippen molar-refractivity contribution >= 4 is 5.82 Å². The quantitative estimate of drug-likeness (QED) is 0.831. The van der Waals surface area contributed by atoms with E-state index >= 15 is 0 Å². The molecule has 0 aromatic carbocycles. The van der Waals surface area contributed by atoms with E-state index in [0.29, 0.717) is 18.3 Å². The summed E-state index contributed by atoms with van der Waals surface area (Å²) in [6, 6.07) is 0.271. The van der Waals surface area contributed by atoms with Crippen molar-refractivity contribution in [1.29, 1.82) is 0 Å². The monoisotopic (exact) mass is 223 g/mol. The molecule has 1 aromatic rings. The predicted octanol–water partition coefficient (Wildman–Crippen LogP) is 2.11. The molecule has 0 fully saturated rings. The highest BCUT2D eigenvalue weighted by atomic mass is 16.1. The molecule has 0 radical (unpaired) electrons. The first-order valence-electron chi connectivity index (χ1n) is 5.86. The average molecular weight is 223 g/mol. The number of rotatable bonds is 5. The maximum absolute atomic E-state index is 11.9. The number of nitrogens with one attached hydrogen (secondary N) is 1. The third kappa shape index (κ3) is 3.36. The van der Waals surface area contributed by atoms with Gasteiger partial charge in [-0.1, -0.05) is 13.8 Å². The summed E-state index contributed by atoms with van der Waals surface area (Å²) in [5, 5.41) is 3.17. The lowest BCUT2D eigenvalue weighted by Crippen LogP contribution is -2.28. The van der Waals surface area contributed by atoms with Crippen LogP contribution in [0.3, 0.4) is 0 Å². The zero-order valence-corrected chi connectivity index (χ0v) is 10.5. The minimum atomic E-state index is -0.0411. The average Bonchev–Trinajstić information content (AvgIpc) is 2.20. The maximum atomic E-state index is 11.9. The minimum absolute atomic E-state index is 0.0411. The van der Waals surface area contributed by atoms with Crippen molar-refractivity contribution in [3.05, 3.63) is 22.7 Å². The third-order valence-electron chi connectivity index (χ3n) is 2.46. The van der Waals surface area contributed by atoms with Gasteiger partial charge in [-0.3, -0.25) is 4.79 Å². The first-order valence-corrected chi connectivity index (χ1v) is 5.86. The van der Waals surface area contributed by atoms with Gasteiger partial charge in [0.1, 0.15) is 0 Å². The first kappa shape index (κ1) is 12.7. The van der Waals surface area contributed by atoms with Crippen LogP contribution >= 0.6 is 0 Å². The van der Waals surface area contributed by atoms with Crippen molar-refractivity contribution in [1.82, 2.24) is 9.55 Å². The Hall–Kier alpha value is -1.32. The van der Waals surface area contributed by atoms with Crippen LogP contribution in [-0.2, 0) is 6.54 Å². The molecule has 4 nitrogen and oxygen atoms in total. The Bertz CT molecular complexity index is 384. The Morgan fingerprint density at radius 1 is 1.44 bits per heavy atom. The van der Waals surface area contributed by atoms with Gasteiger partial charge in [0.25, 0.3) is 5.56 Å². The van der Waals surface area contributed by atoms with Crippen molar-refractivity contribution in [2.75, 3.05) is 5.32 Å². The van der Waals surface area contributed by atoms with E-state index in [0.717, 1.165) is 6.42 Å². The van der Waals surface area contributed by atoms with Gasteiger partial charge in [-0.05, 0) is 26.2 Å². The molecule has 0 amide bonds. The SMILES string of the molecule is CCn1ccnc(NC(C)CC(C)C)c1=O. The Labute approximate surface area is 96.7 Å². The zero-order valence-electron chi connectivity index (χ0n) is 10.5. The fraction of sp³-hybridized carbons (Fsp3) is 0.667. The molecule has 0 saturated carbocycles. The molecular formula is C12H21N3O. The molecule has 0 bridgehead atoms. The largest absolute Gasteiger partial charge is 0.363 e. The van der Waals surface area contributed by atoms with E-state index in [1.807, 2.05) is 6.92 Å². The lowest BCUT2D eigenvalue weighted by molar-refractivity contribution is 0.537. The number of aromatic nitrogens is 2. The van der Waals surface area contributed by atoms with Gasteiger partial charge in [0.2, 0.25) is 0 Å². The Balaban J connectivity index is 2.78. The highest BCUT2D eigenvalue weighted by Crippen LogP contribution is 2.07. The molecule has 1 heterocycles. The summed E-state index contributed by atoms with van der Waals surface area (Å²) in [5.41, 5.74) is -0.0411. The van der Waals surface area contributed by atoms with Crippen LogP contribution in [0.2, 0.25) is 0 Å². The summed E-state index contributed by atoms with van der Waals surface area (Å²) in [5.74, 6) is 1.07. The highest BCUT2D eigenvalue weighted by Gasteiger charge is 2.09. The fourth-order valence-electron chi connectivity index (χ4n) is 1.79. The smallest absolute Gasteiger partial charge is 0.293 e. The first-order chi connectivity index (χ1) is 7.54. The summed E-state index contributed by atoms with van der Waals surface area (Å²) in [7, 11) is 0. The van der Waals surface area contributed by atoms with Gasteiger partial charge in [0, 0.05) is 25.0 Å². The van der Waals surface area contributed by atoms with Gasteiger partial charge in [0.05, 0.1) is 0 Å². The molecule has 1 N–H and O–H groups in total. The van der Waals surface area contributed by atoms with Gasteiger partial charge in [0.15, 0.2) is 5.82 Å². The molecule has 1 rings (SSSR count). The van der Waals surface area contributed by atoms with Crippen LogP contribution in [0.15, 0.2) is 17.2 Å². The molecular weight excluding hydrogens is 202 g/mol. The number of hydrogen-bond donors (Lipinski definition) is 1. The van der Waals surface area contributed by atoms with Crippen molar-refractivity contribution in [3.63, 3.8) is 0 Å². The normalized spacial score (nSPS) is 12.8. The summed E-state index contributed by atoms with van der Waals surface area (Å²) in [6.07, 6.45) is 4.40.